The van der Waals surface area contributed by atoms with Gasteiger partial charge in [-0.25, -0.2) is 8.78 Å². The molecule has 100 valence electrons. The van der Waals surface area contributed by atoms with Crippen LogP contribution in [0.4, 0.5) is 14.5 Å². The Morgan fingerprint density at radius 1 is 1.39 bits per heavy atom. The Bertz CT molecular complexity index is 407. The van der Waals surface area contributed by atoms with Gasteiger partial charge in [0.15, 0.2) is 0 Å². The van der Waals surface area contributed by atoms with E-state index in [9.17, 15) is 8.78 Å². The van der Waals surface area contributed by atoms with Crippen LogP contribution in [0.25, 0.3) is 0 Å². The van der Waals surface area contributed by atoms with Gasteiger partial charge in [-0.15, -0.1) is 0 Å². The first-order chi connectivity index (χ1) is 8.46. The number of hydrogen-bond acceptors (Lipinski definition) is 2. The Hall–Kier alpha value is -1.16. The van der Waals surface area contributed by atoms with Crippen LogP contribution in [0.3, 0.4) is 0 Å². The van der Waals surface area contributed by atoms with Gasteiger partial charge >= 0.3 is 0 Å². The fourth-order valence-electron chi connectivity index (χ4n) is 2.67. The molecular formula is C14H20F2N2. The van der Waals surface area contributed by atoms with Gasteiger partial charge in [0, 0.05) is 31.6 Å². The molecule has 1 aliphatic rings. The summed E-state index contributed by atoms with van der Waals surface area (Å²) in [6, 6.07) is 7.70. The monoisotopic (exact) mass is 254 g/mol. The normalized spacial score (nSPS) is 22.6. The van der Waals surface area contributed by atoms with Crippen molar-refractivity contribution in [3.8, 4) is 0 Å². The van der Waals surface area contributed by atoms with Crippen molar-refractivity contribution in [3.63, 3.8) is 0 Å². The highest BCUT2D eigenvalue weighted by Crippen LogP contribution is 2.39. The summed E-state index contributed by atoms with van der Waals surface area (Å²) in [5, 5.41) is 0. The van der Waals surface area contributed by atoms with E-state index in [1.54, 1.807) is 0 Å². The van der Waals surface area contributed by atoms with Gasteiger partial charge < -0.3 is 10.6 Å². The van der Waals surface area contributed by atoms with Crippen molar-refractivity contribution in [2.45, 2.75) is 31.7 Å². The Labute approximate surface area is 107 Å². The number of nitrogens with zero attached hydrogens (tertiary/aromatic N) is 1. The summed E-state index contributed by atoms with van der Waals surface area (Å²) in [6.45, 7) is 1.43. The number of nitrogen functional groups attached to an aromatic ring is 1. The maximum Gasteiger partial charge on any atom is 0.248 e. The van der Waals surface area contributed by atoms with E-state index < -0.39 is 5.92 Å². The van der Waals surface area contributed by atoms with Crippen LogP contribution < -0.4 is 5.73 Å². The molecule has 1 aromatic carbocycles. The first kappa shape index (κ1) is 13.3. The van der Waals surface area contributed by atoms with Crippen molar-refractivity contribution < 1.29 is 8.78 Å². The molecule has 18 heavy (non-hydrogen) atoms. The van der Waals surface area contributed by atoms with E-state index in [2.05, 4.69) is 4.90 Å². The predicted molar refractivity (Wildman–Crippen MR) is 69.5 cm³/mol. The Balaban J connectivity index is 1.86. The number of anilines is 1. The number of para-hydroxylation sites is 1. The van der Waals surface area contributed by atoms with Crippen LogP contribution in [0, 0.1) is 5.92 Å². The van der Waals surface area contributed by atoms with E-state index in [0.29, 0.717) is 13.0 Å². The summed E-state index contributed by atoms with van der Waals surface area (Å²) >= 11 is 0. The number of rotatable bonds is 4. The quantitative estimate of drug-likeness (QED) is 0.836. The smallest absolute Gasteiger partial charge is 0.248 e. The Morgan fingerprint density at radius 2 is 2.11 bits per heavy atom. The van der Waals surface area contributed by atoms with E-state index in [1.807, 2.05) is 31.3 Å². The van der Waals surface area contributed by atoms with Crippen LogP contribution in [-0.4, -0.2) is 24.4 Å². The summed E-state index contributed by atoms with van der Waals surface area (Å²) in [7, 11) is 1.96. The molecule has 4 heteroatoms. The Kier molecular flexibility index (Phi) is 3.85. The summed E-state index contributed by atoms with van der Waals surface area (Å²) in [4.78, 5) is 2.08. The van der Waals surface area contributed by atoms with Gasteiger partial charge in [0.25, 0.3) is 0 Å². The third kappa shape index (κ3) is 3.42. The molecule has 2 N–H and O–H groups in total. The first-order valence-corrected chi connectivity index (χ1v) is 6.36. The molecule has 0 heterocycles. The molecule has 0 bridgehead atoms. The highest BCUT2D eigenvalue weighted by molar-refractivity contribution is 5.46. The first-order valence-electron chi connectivity index (χ1n) is 6.36. The van der Waals surface area contributed by atoms with Crippen molar-refractivity contribution in [2.75, 3.05) is 19.3 Å². The van der Waals surface area contributed by atoms with Gasteiger partial charge in [0.1, 0.15) is 0 Å². The molecule has 1 atom stereocenters. The molecule has 2 rings (SSSR count). The molecule has 1 saturated carbocycles. The second-order valence-electron chi connectivity index (χ2n) is 5.36. The van der Waals surface area contributed by atoms with Gasteiger partial charge in [0.05, 0.1) is 0 Å². The number of alkyl halides is 2. The lowest BCUT2D eigenvalue weighted by molar-refractivity contribution is 0.00372. The lowest BCUT2D eigenvalue weighted by Crippen LogP contribution is -2.25. The van der Waals surface area contributed by atoms with Crippen molar-refractivity contribution in [2.24, 2.45) is 5.92 Å². The van der Waals surface area contributed by atoms with Crippen LogP contribution in [-0.2, 0) is 6.54 Å². The Morgan fingerprint density at radius 3 is 2.72 bits per heavy atom. The van der Waals surface area contributed by atoms with Crippen LogP contribution in [0.5, 0.6) is 0 Å². The molecule has 1 fully saturated rings. The van der Waals surface area contributed by atoms with Crippen molar-refractivity contribution >= 4 is 5.69 Å². The largest absolute Gasteiger partial charge is 0.398 e. The average Bonchev–Trinajstić information content (AvgIpc) is 2.61. The maximum atomic E-state index is 13.1. The molecule has 0 aromatic heterocycles. The van der Waals surface area contributed by atoms with Crippen molar-refractivity contribution in [1.29, 1.82) is 0 Å². The molecule has 1 aromatic rings. The molecule has 1 aliphatic carbocycles. The number of nitrogens with two attached hydrogens (primary N) is 1. The summed E-state index contributed by atoms with van der Waals surface area (Å²) < 4.78 is 26.2. The zero-order valence-corrected chi connectivity index (χ0v) is 10.7. The topological polar surface area (TPSA) is 29.3 Å². The zero-order valence-electron chi connectivity index (χ0n) is 10.7. The van der Waals surface area contributed by atoms with Crippen LogP contribution in [0.2, 0.25) is 0 Å². The highest BCUT2D eigenvalue weighted by atomic mass is 19.3. The fourth-order valence-corrected chi connectivity index (χ4v) is 2.67. The van der Waals surface area contributed by atoms with Gasteiger partial charge in [-0.2, -0.15) is 0 Å². The van der Waals surface area contributed by atoms with E-state index in [0.717, 1.165) is 17.8 Å². The van der Waals surface area contributed by atoms with E-state index >= 15 is 0 Å². The van der Waals surface area contributed by atoms with E-state index in [4.69, 9.17) is 5.73 Å². The summed E-state index contributed by atoms with van der Waals surface area (Å²) in [6.07, 6.45) is 0.697. The zero-order chi connectivity index (χ0) is 13.2. The second-order valence-corrected chi connectivity index (χ2v) is 5.36. The molecule has 0 aliphatic heterocycles. The van der Waals surface area contributed by atoms with E-state index in [-0.39, 0.29) is 18.8 Å². The number of halogens is 2. The second kappa shape index (κ2) is 5.22. The fraction of sp³-hybridized carbons (Fsp3) is 0.571. The van der Waals surface area contributed by atoms with Gasteiger partial charge in [-0.05, 0) is 31.0 Å². The van der Waals surface area contributed by atoms with Crippen LogP contribution in [0.15, 0.2) is 24.3 Å². The van der Waals surface area contributed by atoms with Crippen LogP contribution in [0.1, 0.15) is 24.8 Å². The third-order valence-corrected chi connectivity index (χ3v) is 3.57. The minimum Gasteiger partial charge on any atom is -0.398 e. The summed E-state index contributed by atoms with van der Waals surface area (Å²) in [5.41, 5.74) is 7.70. The van der Waals surface area contributed by atoms with Gasteiger partial charge in [-0.1, -0.05) is 18.2 Å². The van der Waals surface area contributed by atoms with Crippen molar-refractivity contribution in [1.82, 2.24) is 4.90 Å². The standard InChI is InChI=1S/C14H20F2N2/c1-18(9-11-6-7-14(15,16)8-11)10-12-4-2-3-5-13(12)17/h2-5,11H,6-10,17H2,1H3. The SMILES string of the molecule is CN(Cc1ccccc1N)CC1CCC(F)(F)C1. The average molecular weight is 254 g/mol. The lowest BCUT2D eigenvalue weighted by atomic mass is 10.1. The lowest BCUT2D eigenvalue weighted by Gasteiger charge is -2.21. The predicted octanol–water partition coefficient (Wildman–Crippen LogP) is 3.14. The number of hydrogen-bond donors (Lipinski definition) is 1. The molecule has 0 amide bonds. The minimum absolute atomic E-state index is 0.0294. The molecule has 0 saturated heterocycles. The van der Waals surface area contributed by atoms with Gasteiger partial charge in [0.2, 0.25) is 5.92 Å². The third-order valence-electron chi connectivity index (χ3n) is 3.57. The number of benzene rings is 1. The van der Waals surface area contributed by atoms with E-state index in [1.165, 1.54) is 0 Å². The molecule has 2 nitrogen and oxygen atoms in total. The van der Waals surface area contributed by atoms with Gasteiger partial charge in [-0.3, -0.25) is 0 Å². The van der Waals surface area contributed by atoms with Crippen molar-refractivity contribution in [3.05, 3.63) is 29.8 Å². The summed E-state index contributed by atoms with van der Waals surface area (Å²) in [5.74, 6) is -2.34. The molecule has 0 spiro atoms. The molecule has 0 radical (unpaired) electrons. The highest BCUT2D eigenvalue weighted by Gasteiger charge is 2.39. The maximum absolute atomic E-state index is 13.1. The molecular weight excluding hydrogens is 234 g/mol. The minimum atomic E-state index is -2.45. The molecule has 1 unspecified atom stereocenters. The van der Waals surface area contributed by atoms with Crippen LogP contribution >= 0.6 is 0 Å².